The van der Waals surface area contributed by atoms with Gasteiger partial charge in [-0.05, 0) is 0 Å². The molecule has 14 heavy (non-hydrogen) atoms. The predicted octanol–water partition coefficient (Wildman–Crippen LogP) is 1.94. The van der Waals surface area contributed by atoms with Crippen LogP contribution >= 0.6 is 23.2 Å². The van der Waals surface area contributed by atoms with E-state index in [1.807, 2.05) is 0 Å². The van der Waals surface area contributed by atoms with E-state index in [2.05, 4.69) is 9.47 Å². The third-order valence-electron chi connectivity index (χ3n) is 1.17. The highest BCUT2D eigenvalue weighted by Crippen LogP contribution is 2.23. The molecule has 0 aliphatic heterocycles. The number of rotatable bonds is 5. The summed E-state index contributed by atoms with van der Waals surface area (Å²) < 4.78 is 8.37. The zero-order valence-electron chi connectivity index (χ0n) is 6.90. The Bertz CT molecular complexity index is 220. The molecule has 0 aromatic heterocycles. The maximum Gasteiger partial charge on any atom is 0.507 e. The summed E-state index contributed by atoms with van der Waals surface area (Å²) in [4.78, 5) is 20.1. The maximum absolute atomic E-state index is 10.1. The molecule has 0 radical (unpaired) electrons. The zero-order chi connectivity index (χ0) is 11.2. The lowest BCUT2D eigenvalue weighted by atomic mass is 10.3. The first kappa shape index (κ1) is 13.1. The van der Waals surface area contributed by atoms with Crippen molar-refractivity contribution >= 4 is 35.5 Å². The van der Waals surface area contributed by atoms with Crippen molar-refractivity contribution in [3.63, 3.8) is 0 Å². The van der Waals surface area contributed by atoms with E-state index in [9.17, 15) is 9.59 Å². The van der Waals surface area contributed by atoms with Crippen molar-refractivity contribution in [3.05, 3.63) is 0 Å². The summed E-state index contributed by atoms with van der Waals surface area (Å²) in [5.74, 6) is -0.302. The second-order valence-corrected chi connectivity index (χ2v) is 3.21. The summed E-state index contributed by atoms with van der Waals surface area (Å²) in [6.45, 7) is -0.293. The van der Waals surface area contributed by atoms with E-state index in [0.717, 1.165) is 0 Å². The highest BCUT2D eigenvalue weighted by atomic mass is 35.5. The molecule has 0 aliphatic rings. The molecule has 0 aromatic carbocycles. The van der Waals surface area contributed by atoms with Crippen molar-refractivity contribution in [2.45, 2.75) is 11.5 Å². The fourth-order valence-electron chi connectivity index (χ4n) is 0.592. The van der Waals surface area contributed by atoms with Gasteiger partial charge in [0.2, 0.25) is 5.06 Å². The summed E-state index contributed by atoms with van der Waals surface area (Å²) >= 11 is 10.9. The second-order valence-electron chi connectivity index (χ2n) is 2.25. The quantitative estimate of drug-likeness (QED) is 0.569. The first-order chi connectivity index (χ1) is 6.39. The molecule has 0 aromatic rings. The Labute approximate surface area is 89.3 Å². The van der Waals surface area contributed by atoms with Crippen molar-refractivity contribution in [1.29, 1.82) is 0 Å². The number of ether oxygens (including phenoxy) is 2. The minimum Gasteiger partial charge on any atom is -0.450 e. The molecule has 0 spiro atoms. The van der Waals surface area contributed by atoms with Gasteiger partial charge in [-0.25, -0.2) is 9.59 Å². The van der Waals surface area contributed by atoms with Gasteiger partial charge in [0.15, 0.2) is 0 Å². The molecule has 0 heterocycles. The normalized spacial score (nSPS) is 14.1. The summed E-state index contributed by atoms with van der Waals surface area (Å²) in [6, 6.07) is 0. The van der Waals surface area contributed by atoms with Crippen molar-refractivity contribution < 1.29 is 29.3 Å². The van der Waals surface area contributed by atoms with E-state index in [1.54, 1.807) is 0 Å². The zero-order valence-corrected chi connectivity index (χ0v) is 8.42. The van der Waals surface area contributed by atoms with Crippen LogP contribution in [0.4, 0.5) is 9.59 Å². The minimum atomic E-state index is -1.65. The van der Waals surface area contributed by atoms with Crippen molar-refractivity contribution in [1.82, 2.24) is 0 Å². The average Bonchev–Trinajstić information content (AvgIpc) is 2.02. The first-order valence-corrected chi connectivity index (χ1v) is 4.33. The number of carboxylic acid groups (broad SMARTS) is 2. The standard InChI is InChI=1S/C6H8Cl2O6/c7-3-6(8,14-5(11)12)1-2-13-4(9)10/h1-3H2,(H,9,10)(H,11,12). The molecular weight excluding hydrogens is 239 g/mol. The molecule has 0 rings (SSSR count). The van der Waals surface area contributed by atoms with Gasteiger partial charge in [0, 0.05) is 6.42 Å². The smallest absolute Gasteiger partial charge is 0.450 e. The molecule has 1 unspecified atom stereocenters. The van der Waals surface area contributed by atoms with Crippen molar-refractivity contribution in [2.24, 2.45) is 0 Å². The summed E-state index contributed by atoms with van der Waals surface area (Å²) in [7, 11) is 0. The lowest BCUT2D eigenvalue weighted by Gasteiger charge is -2.22. The van der Waals surface area contributed by atoms with Gasteiger partial charge in [0.25, 0.3) is 0 Å². The van der Waals surface area contributed by atoms with Gasteiger partial charge in [-0.3, -0.25) is 0 Å². The Morgan fingerprint density at radius 3 is 2.21 bits per heavy atom. The Morgan fingerprint density at radius 2 is 1.86 bits per heavy atom. The Morgan fingerprint density at radius 1 is 1.29 bits per heavy atom. The number of alkyl halides is 2. The van der Waals surface area contributed by atoms with E-state index in [4.69, 9.17) is 33.4 Å². The molecule has 0 bridgehead atoms. The van der Waals surface area contributed by atoms with Gasteiger partial charge in [-0.15, -0.1) is 11.6 Å². The van der Waals surface area contributed by atoms with E-state index in [0.29, 0.717) is 0 Å². The lowest BCUT2D eigenvalue weighted by molar-refractivity contribution is 0.0216. The molecule has 6 nitrogen and oxygen atoms in total. The summed E-state index contributed by atoms with van der Waals surface area (Å²) in [5, 5.41) is 14.7. The third-order valence-corrected chi connectivity index (χ3v) is 2.14. The van der Waals surface area contributed by atoms with E-state index in [-0.39, 0.29) is 18.9 Å². The monoisotopic (exact) mass is 246 g/mol. The number of hydrogen-bond acceptors (Lipinski definition) is 4. The van der Waals surface area contributed by atoms with Crippen LogP contribution in [-0.4, -0.2) is 40.1 Å². The molecular formula is C6H8Cl2O6. The lowest BCUT2D eigenvalue weighted by Crippen LogP contribution is -2.32. The van der Waals surface area contributed by atoms with Crippen LogP contribution in [-0.2, 0) is 9.47 Å². The number of carbonyl (C=O) groups is 2. The van der Waals surface area contributed by atoms with Crippen LogP contribution < -0.4 is 0 Å². The predicted molar refractivity (Wildman–Crippen MR) is 47.0 cm³/mol. The van der Waals surface area contributed by atoms with Crippen LogP contribution in [0.1, 0.15) is 6.42 Å². The van der Waals surface area contributed by atoms with Crippen LogP contribution in [0.25, 0.3) is 0 Å². The average molecular weight is 247 g/mol. The number of hydrogen-bond donors (Lipinski definition) is 2. The van der Waals surface area contributed by atoms with Crippen LogP contribution in [0.15, 0.2) is 0 Å². The van der Waals surface area contributed by atoms with E-state index >= 15 is 0 Å². The summed E-state index contributed by atoms with van der Waals surface area (Å²) in [5.41, 5.74) is 0. The minimum absolute atomic E-state index is 0.156. The highest BCUT2D eigenvalue weighted by molar-refractivity contribution is 6.30. The Balaban J connectivity index is 3.98. The van der Waals surface area contributed by atoms with Gasteiger partial charge in [0.05, 0.1) is 5.88 Å². The highest BCUT2D eigenvalue weighted by Gasteiger charge is 2.31. The van der Waals surface area contributed by atoms with Gasteiger partial charge >= 0.3 is 12.3 Å². The molecule has 0 aliphatic carbocycles. The van der Waals surface area contributed by atoms with Crippen LogP contribution in [0.3, 0.4) is 0 Å². The Hall–Kier alpha value is -0.880. The number of halogens is 2. The van der Waals surface area contributed by atoms with Crippen molar-refractivity contribution in [3.8, 4) is 0 Å². The Kier molecular flexibility index (Phi) is 5.40. The van der Waals surface area contributed by atoms with Gasteiger partial charge in [-0.1, -0.05) is 11.6 Å². The topological polar surface area (TPSA) is 93.1 Å². The molecule has 2 N–H and O–H groups in total. The fourth-order valence-corrected chi connectivity index (χ4v) is 0.924. The molecule has 0 saturated carbocycles. The molecule has 0 amide bonds. The van der Waals surface area contributed by atoms with Gasteiger partial charge < -0.3 is 19.7 Å². The molecule has 1 atom stereocenters. The molecule has 0 saturated heterocycles. The van der Waals surface area contributed by atoms with Crippen molar-refractivity contribution in [2.75, 3.05) is 12.5 Å². The summed E-state index contributed by atoms with van der Waals surface area (Å²) in [6.07, 6.45) is -3.22. The molecule has 82 valence electrons. The van der Waals surface area contributed by atoms with Crippen LogP contribution in [0, 0.1) is 0 Å². The molecule has 0 fully saturated rings. The second kappa shape index (κ2) is 5.77. The van der Waals surface area contributed by atoms with Crippen LogP contribution in [0.5, 0.6) is 0 Å². The maximum atomic E-state index is 10.1. The largest absolute Gasteiger partial charge is 0.507 e. The SMILES string of the molecule is O=C(O)OCCC(Cl)(CCl)OC(=O)O. The van der Waals surface area contributed by atoms with Crippen LogP contribution in [0.2, 0.25) is 0 Å². The first-order valence-electron chi connectivity index (χ1n) is 3.42. The molecule has 8 heteroatoms. The fraction of sp³-hybridized carbons (Fsp3) is 0.667. The van der Waals surface area contributed by atoms with Gasteiger partial charge in [0.1, 0.15) is 6.61 Å². The van der Waals surface area contributed by atoms with E-state index < -0.39 is 17.4 Å². The third kappa shape index (κ3) is 5.71. The van der Waals surface area contributed by atoms with E-state index in [1.165, 1.54) is 0 Å². The van der Waals surface area contributed by atoms with Gasteiger partial charge in [-0.2, -0.15) is 0 Å².